The third-order valence-corrected chi connectivity index (χ3v) is 3.26. The average molecular weight is 351 g/mol. The van der Waals surface area contributed by atoms with E-state index in [1.807, 2.05) is 0 Å². The quantitative estimate of drug-likeness (QED) is 0.642. The van der Waals surface area contributed by atoms with Crippen molar-refractivity contribution in [1.82, 2.24) is 0 Å². The first kappa shape index (κ1) is 15.5. The Kier molecular flexibility index (Phi) is 5.24. The van der Waals surface area contributed by atoms with Crippen molar-refractivity contribution in [3.05, 3.63) is 28.0 Å². The Bertz CT molecular complexity index is 427. The molecule has 1 aromatic rings. The van der Waals surface area contributed by atoms with Crippen LogP contribution in [0.4, 0.5) is 23.2 Å². The molecule has 0 spiro atoms. The van der Waals surface area contributed by atoms with Crippen molar-refractivity contribution in [2.45, 2.75) is 12.3 Å². The standard InChI is InChI=1S/C10H9BrClF4NO/c11-9-7(17-4-5(18)3-12)2-1-6(13)8(9)10(14,15)16/h1-2,5,17-18H,3-4H2. The fourth-order valence-electron chi connectivity index (χ4n) is 1.23. The van der Waals surface area contributed by atoms with Gasteiger partial charge in [0.15, 0.2) is 0 Å². The molecule has 102 valence electrons. The first-order valence-corrected chi connectivity index (χ1v) is 6.13. The van der Waals surface area contributed by atoms with Crippen LogP contribution in [0.3, 0.4) is 0 Å². The van der Waals surface area contributed by atoms with Crippen LogP contribution in [0.2, 0.25) is 0 Å². The van der Waals surface area contributed by atoms with Crippen molar-refractivity contribution in [2.75, 3.05) is 17.7 Å². The number of rotatable bonds is 4. The van der Waals surface area contributed by atoms with E-state index in [9.17, 15) is 22.7 Å². The number of alkyl halides is 4. The molecule has 0 saturated heterocycles. The van der Waals surface area contributed by atoms with E-state index in [0.717, 1.165) is 6.07 Å². The molecule has 0 saturated carbocycles. The first-order chi connectivity index (χ1) is 8.27. The van der Waals surface area contributed by atoms with Gasteiger partial charge in [0.05, 0.1) is 16.5 Å². The number of hydrogen-bond acceptors (Lipinski definition) is 2. The molecule has 0 amide bonds. The highest BCUT2D eigenvalue weighted by Crippen LogP contribution is 2.40. The lowest BCUT2D eigenvalue weighted by molar-refractivity contribution is -0.140. The van der Waals surface area contributed by atoms with E-state index in [1.165, 1.54) is 0 Å². The molecule has 1 rings (SSSR count). The number of nitrogens with one attached hydrogen (secondary N) is 1. The van der Waals surface area contributed by atoms with Crippen LogP contribution in [-0.4, -0.2) is 23.6 Å². The van der Waals surface area contributed by atoms with E-state index in [1.54, 1.807) is 0 Å². The molecule has 0 heterocycles. The predicted molar refractivity (Wildman–Crippen MR) is 64.3 cm³/mol. The van der Waals surface area contributed by atoms with Crippen molar-refractivity contribution < 1.29 is 22.7 Å². The van der Waals surface area contributed by atoms with Crippen molar-refractivity contribution in [3.63, 3.8) is 0 Å². The molecule has 0 bridgehead atoms. The Morgan fingerprint density at radius 3 is 2.50 bits per heavy atom. The molecule has 1 atom stereocenters. The highest BCUT2D eigenvalue weighted by Gasteiger charge is 2.37. The van der Waals surface area contributed by atoms with E-state index in [-0.39, 0.29) is 18.1 Å². The molecule has 1 unspecified atom stereocenters. The highest BCUT2D eigenvalue weighted by molar-refractivity contribution is 9.10. The Hall–Kier alpha value is -0.530. The second-order valence-corrected chi connectivity index (χ2v) is 4.57. The summed E-state index contributed by atoms with van der Waals surface area (Å²) < 4.78 is 50.5. The van der Waals surface area contributed by atoms with Gasteiger partial charge in [-0.15, -0.1) is 11.6 Å². The Morgan fingerprint density at radius 2 is 2.00 bits per heavy atom. The number of anilines is 1. The summed E-state index contributed by atoms with van der Waals surface area (Å²) in [5, 5.41) is 11.7. The summed E-state index contributed by atoms with van der Waals surface area (Å²) in [6.07, 6.45) is -5.70. The summed E-state index contributed by atoms with van der Waals surface area (Å²) in [6, 6.07) is 1.86. The number of hydrogen-bond donors (Lipinski definition) is 2. The fourth-order valence-corrected chi connectivity index (χ4v) is 2.03. The van der Waals surface area contributed by atoms with Gasteiger partial charge in [0.2, 0.25) is 0 Å². The number of halogens is 6. The van der Waals surface area contributed by atoms with E-state index < -0.39 is 28.1 Å². The maximum atomic E-state index is 13.1. The van der Waals surface area contributed by atoms with Crippen LogP contribution < -0.4 is 5.32 Å². The van der Waals surface area contributed by atoms with Gasteiger partial charge in [-0.05, 0) is 28.1 Å². The van der Waals surface area contributed by atoms with Crippen LogP contribution in [0.15, 0.2) is 16.6 Å². The second-order valence-electron chi connectivity index (χ2n) is 3.47. The molecule has 18 heavy (non-hydrogen) atoms. The van der Waals surface area contributed by atoms with Crippen molar-refractivity contribution in [2.24, 2.45) is 0 Å². The van der Waals surface area contributed by atoms with E-state index in [2.05, 4.69) is 21.2 Å². The summed E-state index contributed by atoms with van der Waals surface area (Å²) in [4.78, 5) is 0. The second kappa shape index (κ2) is 6.08. The average Bonchev–Trinajstić information content (AvgIpc) is 2.25. The minimum absolute atomic E-state index is 0.0351. The van der Waals surface area contributed by atoms with E-state index in [4.69, 9.17) is 11.6 Å². The van der Waals surface area contributed by atoms with Gasteiger partial charge in [0, 0.05) is 12.2 Å². The third-order valence-electron chi connectivity index (χ3n) is 2.08. The monoisotopic (exact) mass is 349 g/mol. The van der Waals surface area contributed by atoms with Gasteiger partial charge in [-0.25, -0.2) is 4.39 Å². The van der Waals surface area contributed by atoms with Crippen LogP contribution in [-0.2, 0) is 6.18 Å². The largest absolute Gasteiger partial charge is 0.420 e. The van der Waals surface area contributed by atoms with E-state index in [0.29, 0.717) is 6.07 Å². The summed E-state index contributed by atoms with van der Waals surface area (Å²) in [7, 11) is 0. The molecule has 0 aromatic heterocycles. The summed E-state index contributed by atoms with van der Waals surface area (Å²) in [5.41, 5.74) is -1.35. The maximum Gasteiger partial charge on any atom is 0.420 e. The lowest BCUT2D eigenvalue weighted by Crippen LogP contribution is -2.21. The fraction of sp³-hybridized carbons (Fsp3) is 0.400. The molecule has 0 radical (unpaired) electrons. The molecule has 0 aliphatic rings. The van der Waals surface area contributed by atoms with Gasteiger partial charge >= 0.3 is 6.18 Å². The number of aliphatic hydroxyl groups excluding tert-OH is 1. The van der Waals surface area contributed by atoms with Gasteiger partial charge in [-0.1, -0.05) is 0 Å². The predicted octanol–water partition coefficient (Wildman–Crippen LogP) is 3.62. The third kappa shape index (κ3) is 3.73. The molecule has 0 aliphatic heterocycles. The zero-order valence-electron chi connectivity index (χ0n) is 8.86. The maximum absolute atomic E-state index is 13.1. The molecular weight excluding hydrogens is 341 g/mol. The molecular formula is C10H9BrClF4NO. The van der Waals surface area contributed by atoms with Crippen LogP contribution in [0.25, 0.3) is 0 Å². The minimum Gasteiger partial charge on any atom is -0.390 e. The Labute approximate surface area is 114 Å². The van der Waals surface area contributed by atoms with Gasteiger partial charge < -0.3 is 10.4 Å². The molecule has 2 nitrogen and oxygen atoms in total. The number of benzene rings is 1. The zero-order valence-corrected chi connectivity index (χ0v) is 11.2. The number of aliphatic hydroxyl groups is 1. The topological polar surface area (TPSA) is 32.3 Å². The molecule has 0 fully saturated rings. The van der Waals surface area contributed by atoms with Gasteiger partial charge in [0.1, 0.15) is 11.4 Å². The van der Waals surface area contributed by atoms with Crippen LogP contribution in [0, 0.1) is 5.82 Å². The SMILES string of the molecule is OC(CCl)CNc1ccc(F)c(C(F)(F)F)c1Br. The Balaban J connectivity index is 3.02. The van der Waals surface area contributed by atoms with Crippen molar-refractivity contribution in [1.29, 1.82) is 0 Å². The first-order valence-electron chi connectivity index (χ1n) is 4.80. The molecule has 0 aliphatic carbocycles. The van der Waals surface area contributed by atoms with Crippen molar-refractivity contribution in [3.8, 4) is 0 Å². The van der Waals surface area contributed by atoms with E-state index >= 15 is 0 Å². The summed E-state index contributed by atoms with van der Waals surface area (Å²) >= 11 is 8.05. The lowest BCUT2D eigenvalue weighted by atomic mass is 10.1. The molecule has 2 N–H and O–H groups in total. The lowest BCUT2D eigenvalue weighted by Gasteiger charge is -2.16. The van der Waals surface area contributed by atoms with Crippen LogP contribution in [0.1, 0.15) is 5.56 Å². The van der Waals surface area contributed by atoms with Gasteiger partial charge in [-0.3, -0.25) is 0 Å². The van der Waals surface area contributed by atoms with Crippen LogP contribution >= 0.6 is 27.5 Å². The zero-order chi connectivity index (χ0) is 13.9. The molecule has 8 heteroatoms. The summed E-state index contributed by atoms with van der Waals surface area (Å²) in [5.74, 6) is -1.42. The van der Waals surface area contributed by atoms with Gasteiger partial charge in [0.25, 0.3) is 0 Å². The Morgan fingerprint density at radius 1 is 1.39 bits per heavy atom. The van der Waals surface area contributed by atoms with Crippen molar-refractivity contribution >= 4 is 33.2 Å². The van der Waals surface area contributed by atoms with Crippen LogP contribution in [0.5, 0.6) is 0 Å². The normalized spacial score (nSPS) is 13.5. The smallest absolute Gasteiger partial charge is 0.390 e. The molecule has 1 aromatic carbocycles. The summed E-state index contributed by atoms with van der Waals surface area (Å²) in [6.45, 7) is -0.0367. The minimum atomic E-state index is -4.80. The van der Waals surface area contributed by atoms with Gasteiger partial charge in [-0.2, -0.15) is 13.2 Å². The highest BCUT2D eigenvalue weighted by atomic mass is 79.9.